The van der Waals surface area contributed by atoms with Crippen LogP contribution in [0.3, 0.4) is 0 Å². The number of rotatable bonds is 6. The van der Waals surface area contributed by atoms with E-state index in [1.807, 2.05) is 54.6 Å². The Kier molecular flexibility index (Phi) is 5.47. The number of amides is 1. The highest BCUT2D eigenvalue weighted by Crippen LogP contribution is 2.22. The molecule has 0 bridgehead atoms. The molecule has 4 rings (SSSR count). The molecule has 1 saturated heterocycles. The van der Waals surface area contributed by atoms with Crippen LogP contribution in [0, 0.1) is 0 Å². The Morgan fingerprint density at radius 1 is 1.14 bits per heavy atom. The number of hydrogen-bond donors (Lipinski definition) is 0. The van der Waals surface area contributed by atoms with E-state index in [2.05, 4.69) is 10.1 Å². The summed E-state index contributed by atoms with van der Waals surface area (Å²) < 4.78 is 10.3. The van der Waals surface area contributed by atoms with Crippen molar-refractivity contribution in [1.29, 1.82) is 0 Å². The molecular formula is C22H19N3O4. The van der Waals surface area contributed by atoms with Crippen molar-refractivity contribution in [2.24, 2.45) is 0 Å². The van der Waals surface area contributed by atoms with E-state index in [1.165, 1.54) is 6.08 Å². The number of esters is 1. The third kappa shape index (κ3) is 4.57. The molecule has 1 aliphatic heterocycles. The third-order valence-electron chi connectivity index (χ3n) is 4.53. The van der Waals surface area contributed by atoms with Gasteiger partial charge in [-0.3, -0.25) is 4.79 Å². The molecule has 0 radical (unpaired) electrons. The lowest BCUT2D eigenvalue weighted by molar-refractivity contribution is -0.139. The molecule has 146 valence electrons. The second-order valence-electron chi connectivity index (χ2n) is 6.56. The number of ether oxygens (including phenoxy) is 1. The smallest absolute Gasteiger partial charge is 0.331 e. The molecule has 7 heteroatoms. The van der Waals surface area contributed by atoms with Crippen LogP contribution in [-0.2, 0) is 20.9 Å². The van der Waals surface area contributed by atoms with Gasteiger partial charge >= 0.3 is 5.97 Å². The maximum Gasteiger partial charge on any atom is 0.331 e. The number of anilines is 1. The largest absolute Gasteiger partial charge is 0.452 e. The summed E-state index contributed by atoms with van der Waals surface area (Å²) in [7, 11) is 0. The van der Waals surface area contributed by atoms with Gasteiger partial charge in [0, 0.05) is 30.3 Å². The fourth-order valence-electron chi connectivity index (χ4n) is 3.05. The van der Waals surface area contributed by atoms with Gasteiger partial charge in [0.25, 0.3) is 5.89 Å². The number of carbonyl (C=O) groups is 2. The first kappa shape index (κ1) is 18.6. The molecule has 0 saturated carbocycles. The minimum Gasteiger partial charge on any atom is -0.452 e. The Hall–Kier alpha value is -3.74. The van der Waals surface area contributed by atoms with Crippen LogP contribution >= 0.6 is 0 Å². The van der Waals surface area contributed by atoms with Crippen LogP contribution < -0.4 is 4.90 Å². The van der Waals surface area contributed by atoms with Gasteiger partial charge in [0.05, 0.1) is 0 Å². The molecule has 29 heavy (non-hydrogen) atoms. The lowest BCUT2D eigenvalue weighted by Gasteiger charge is -2.15. The molecule has 0 aliphatic carbocycles. The fraction of sp³-hybridized carbons (Fsp3) is 0.182. The molecular weight excluding hydrogens is 370 g/mol. The monoisotopic (exact) mass is 389 g/mol. The van der Waals surface area contributed by atoms with E-state index in [0.717, 1.165) is 29.8 Å². The number of nitrogens with zero attached hydrogens (tertiary/aromatic N) is 3. The molecule has 2 aromatic carbocycles. The number of aromatic nitrogens is 2. The van der Waals surface area contributed by atoms with Gasteiger partial charge in [0.1, 0.15) is 0 Å². The third-order valence-corrected chi connectivity index (χ3v) is 4.53. The van der Waals surface area contributed by atoms with Gasteiger partial charge in [0.2, 0.25) is 11.7 Å². The SMILES string of the molecule is O=C(/C=C/c1ccc(N2CCCC2=O)cc1)OCc1nc(-c2ccccc2)no1. The average Bonchev–Trinajstić information content (AvgIpc) is 3.41. The van der Waals surface area contributed by atoms with Crippen LogP contribution in [-0.4, -0.2) is 28.6 Å². The van der Waals surface area contributed by atoms with E-state index in [1.54, 1.807) is 11.0 Å². The van der Waals surface area contributed by atoms with E-state index >= 15 is 0 Å². The molecule has 0 atom stereocenters. The van der Waals surface area contributed by atoms with Gasteiger partial charge in [-0.05, 0) is 30.2 Å². The van der Waals surface area contributed by atoms with Crippen LogP contribution in [0.5, 0.6) is 0 Å². The molecule has 1 fully saturated rings. The summed E-state index contributed by atoms with van der Waals surface area (Å²) in [5.41, 5.74) is 2.53. The molecule has 1 aromatic heterocycles. The Labute approximate surface area is 167 Å². The minimum absolute atomic E-state index is 0.0982. The van der Waals surface area contributed by atoms with Gasteiger partial charge in [-0.15, -0.1) is 0 Å². The van der Waals surface area contributed by atoms with E-state index in [9.17, 15) is 9.59 Å². The van der Waals surface area contributed by atoms with Crippen molar-refractivity contribution in [3.63, 3.8) is 0 Å². The van der Waals surface area contributed by atoms with E-state index < -0.39 is 5.97 Å². The predicted octanol–water partition coefficient (Wildman–Crippen LogP) is 3.62. The van der Waals surface area contributed by atoms with E-state index in [4.69, 9.17) is 9.26 Å². The van der Waals surface area contributed by atoms with Gasteiger partial charge < -0.3 is 14.2 Å². The summed E-state index contributed by atoms with van der Waals surface area (Å²) in [5, 5.41) is 3.88. The van der Waals surface area contributed by atoms with E-state index in [-0.39, 0.29) is 18.4 Å². The number of carbonyl (C=O) groups excluding carboxylic acids is 2. The van der Waals surface area contributed by atoms with Crippen LogP contribution in [0.25, 0.3) is 17.5 Å². The van der Waals surface area contributed by atoms with Crippen molar-refractivity contribution < 1.29 is 18.8 Å². The summed E-state index contributed by atoms with van der Waals surface area (Å²) in [6.45, 7) is 0.654. The standard InChI is InChI=1S/C22H19N3O4/c26-20-7-4-14-25(20)18-11-8-16(9-12-18)10-13-21(27)28-15-19-23-22(24-29-19)17-5-2-1-3-6-17/h1-3,5-6,8-13H,4,7,14-15H2/b13-10+. The topological polar surface area (TPSA) is 85.5 Å². The summed E-state index contributed by atoms with van der Waals surface area (Å²) in [6.07, 6.45) is 4.48. The van der Waals surface area contributed by atoms with Gasteiger partial charge in [-0.2, -0.15) is 4.98 Å². The normalized spacial score (nSPS) is 13.9. The molecule has 0 spiro atoms. The second-order valence-corrected chi connectivity index (χ2v) is 6.56. The molecule has 2 heterocycles. The first-order valence-electron chi connectivity index (χ1n) is 9.32. The molecule has 1 aliphatic rings. The van der Waals surface area contributed by atoms with Crippen LogP contribution in [0.2, 0.25) is 0 Å². The molecule has 3 aromatic rings. The maximum absolute atomic E-state index is 11.9. The van der Waals surface area contributed by atoms with Gasteiger partial charge in [0.15, 0.2) is 6.61 Å². The minimum atomic E-state index is -0.511. The number of hydrogen-bond acceptors (Lipinski definition) is 6. The van der Waals surface area contributed by atoms with Crippen molar-refractivity contribution in [3.8, 4) is 11.4 Å². The Morgan fingerprint density at radius 2 is 1.93 bits per heavy atom. The summed E-state index contributed by atoms with van der Waals surface area (Å²) in [4.78, 5) is 29.7. The molecule has 1 amide bonds. The fourth-order valence-corrected chi connectivity index (χ4v) is 3.05. The van der Waals surface area contributed by atoms with Crippen molar-refractivity contribution in [3.05, 3.63) is 72.1 Å². The van der Waals surface area contributed by atoms with Crippen LogP contribution in [0.1, 0.15) is 24.3 Å². The lowest BCUT2D eigenvalue weighted by atomic mass is 10.2. The van der Waals surface area contributed by atoms with Crippen LogP contribution in [0.4, 0.5) is 5.69 Å². The highest BCUT2D eigenvalue weighted by Gasteiger charge is 2.21. The maximum atomic E-state index is 11.9. The lowest BCUT2D eigenvalue weighted by Crippen LogP contribution is -2.23. The summed E-state index contributed by atoms with van der Waals surface area (Å²) in [6, 6.07) is 16.9. The molecule has 0 N–H and O–H groups in total. The quantitative estimate of drug-likeness (QED) is 0.473. The molecule has 0 unspecified atom stereocenters. The van der Waals surface area contributed by atoms with Crippen molar-refractivity contribution >= 4 is 23.6 Å². The zero-order chi connectivity index (χ0) is 20.1. The van der Waals surface area contributed by atoms with E-state index in [0.29, 0.717) is 12.2 Å². The summed E-state index contributed by atoms with van der Waals surface area (Å²) in [5.74, 6) is 0.311. The highest BCUT2D eigenvalue weighted by atomic mass is 16.6. The van der Waals surface area contributed by atoms with Crippen molar-refractivity contribution in [2.75, 3.05) is 11.4 Å². The van der Waals surface area contributed by atoms with Crippen molar-refractivity contribution in [2.45, 2.75) is 19.4 Å². The highest BCUT2D eigenvalue weighted by molar-refractivity contribution is 5.95. The zero-order valence-corrected chi connectivity index (χ0v) is 15.7. The average molecular weight is 389 g/mol. The zero-order valence-electron chi connectivity index (χ0n) is 15.7. The first-order chi connectivity index (χ1) is 14.2. The second kappa shape index (κ2) is 8.52. The molecule has 7 nitrogen and oxygen atoms in total. The Bertz CT molecular complexity index is 1030. The van der Waals surface area contributed by atoms with Gasteiger partial charge in [-0.25, -0.2) is 4.79 Å². The first-order valence-corrected chi connectivity index (χ1v) is 9.32. The number of benzene rings is 2. The Morgan fingerprint density at radius 3 is 2.66 bits per heavy atom. The summed E-state index contributed by atoms with van der Waals surface area (Å²) >= 11 is 0. The van der Waals surface area contributed by atoms with Gasteiger partial charge in [-0.1, -0.05) is 47.6 Å². The predicted molar refractivity (Wildman–Crippen MR) is 107 cm³/mol. The van der Waals surface area contributed by atoms with Crippen molar-refractivity contribution in [1.82, 2.24) is 10.1 Å². The van der Waals surface area contributed by atoms with Crippen LogP contribution in [0.15, 0.2) is 65.2 Å². The Balaban J connectivity index is 1.30.